The molecular weight excluding hydrogens is 468 g/mol. The van der Waals surface area contributed by atoms with Crippen molar-refractivity contribution in [1.29, 1.82) is 0 Å². The maximum absolute atomic E-state index is 13.4. The Bertz CT molecular complexity index is 1420. The number of aryl methyl sites for hydroxylation is 1. The first kappa shape index (κ1) is 23.7. The van der Waals surface area contributed by atoms with Gasteiger partial charge in [0.05, 0.1) is 18.3 Å². The van der Waals surface area contributed by atoms with E-state index in [0.717, 1.165) is 27.9 Å². The van der Waals surface area contributed by atoms with Crippen molar-refractivity contribution < 1.29 is 9.32 Å². The number of hydrogen-bond acceptors (Lipinski definition) is 4. The van der Waals surface area contributed by atoms with E-state index in [1.54, 1.807) is 24.3 Å². The Balaban J connectivity index is 1.48. The second kappa shape index (κ2) is 10.7. The second-order valence-corrected chi connectivity index (χ2v) is 9.02. The number of carbonyl (C=O) groups is 1. The van der Waals surface area contributed by atoms with Gasteiger partial charge in [0, 0.05) is 21.7 Å². The quantitative estimate of drug-likeness (QED) is 0.229. The molecule has 1 heterocycles. The number of halogens is 1. The first-order valence-electron chi connectivity index (χ1n) is 11.8. The van der Waals surface area contributed by atoms with Crippen molar-refractivity contribution in [3.63, 3.8) is 0 Å². The number of carbonyl (C=O) groups excluding carboxylic acids is 1. The number of rotatable bonds is 8. The van der Waals surface area contributed by atoms with Crippen molar-refractivity contribution in [2.75, 3.05) is 0 Å². The molecule has 0 radical (unpaired) electrons. The zero-order chi connectivity index (χ0) is 24.9. The van der Waals surface area contributed by atoms with Crippen LogP contribution in [-0.4, -0.2) is 10.9 Å². The Hall–Kier alpha value is -3.99. The number of aromatic nitrogens is 1. The molecule has 4 aromatic carbocycles. The molecule has 0 aliphatic carbocycles. The van der Waals surface area contributed by atoms with Gasteiger partial charge in [0.15, 0.2) is 11.5 Å². The molecule has 0 saturated carbocycles. The standard InChI is InChI=1S/C31H25ClN2O2/c1-21-29(26-14-8-9-15-27(26)31(35)24-16-18-25(32)19-17-24)28(36-34-21)20-33-30(22-10-4-2-5-11-22)23-12-6-3-7-13-23/h2-19,30,33H,20H2,1H3. The fourth-order valence-corrected chi connectivity index (χ4v) is 4.58. The number of hydrogen-bond donors (Lipinski definition) is 1. The molecule has 0 fully saturated rings. The van der Waals surface area contributed by atoms with Crippen LogP contribution in [0.4, 0.5) is 0 Å². The van der Waals surface area contributed by atoms with E-state index < -0.39 is 0 Å². The lowest BCUT2D eigenvalue weighted by Gasteiger charge is -2.19. The van der Waals surface area contributed by atoms with Crippen molar-refractivity contribution in [3.8, 4) is 11.1 Å². The average Bonchev–Trinajstić information content (AvgIpc) is 3.30. The summed E-state index contributed by atoms with van der Waals surface area (Å²) in [6, 6.07) is 35.1. The molecule has 1 aromatic heterocycles. The molecule has 36 heavy (non-hydrogen) atoms. The van der Waals surface area contributed by atoms with Gasteiger partial charge in [-0.1, -0.05) is 102 Å². The van der Waals surface area contributed by atoms with Gasteiger partial charge in [-0.25, -0.2) is 0 Å². The van der Waals surface area contributed by atoms with E-state index in [4.69, 9.17) is 16.1 Å². The minimum absolute atomic E-state index is 0.0309. The van der Waals surface area contributed by atoms with Gasteiger partial charge in [-0.15, -0.1) is 0 Å². The molecule has 0 amide bonds. The van der Waals surface area contributed by atoms with Gasteiger partial charge in [-0.2, -0.15) is 0 Å². The minimum Gasteiger partial charge on any atom is -0.359 e. The van der Waals surface area contributed by atoms with Crippen molar-refractivity contribution in [1.82, 2.24) is 10.5 Å². The van der Waals surface area contributed by atoms with E-state index in [1.807, 2.05) is 67.6 Å². The van der Waals surface area contributed by atoms with Gasteiger partial charge < -0.3 is 4.52 Å². The molecule has 0 saturated heterocycles. The van der Waals surface area contributed by atoms with Crippen LogP contribution < -0.4 is 5.32 Å². The lowest BCUT2D eigenvalue weighted by Crippen LogP contribution is -2.22. The second-order valence-electron chi connectivity index (χ2n) is 8.58. The molecule has 5 heteroatoms. The lowest BCUT2D eigenvalue weighted by molar-refractivity contribution is 0.103. The molecule has 178 valence electrons. The van der Waals surface area contributed by atoms with E-state index in [0.29, 0.717) is 28.5 Å². The number of nitrogens with one attached hydrogen (secondary N) is 1. The predicted octanol–water partition coefficient (Wildman–Crippen LogP) is 7.41. The molecule has 0 unspecified atom stereocenters. The summed E-state index contributed by atoms with van der Waals surface area (Å²) in [6.45, 7) is 2.34. The van der Waals surface area contributed by atoms with Crippen molar-refractivity contribution >= 4 is 17.4 Å². The van der Waals surface area contributed by atoms with Crippen LogP contribution in [0.3, 0.4) is 0 Å². The Kier molecular flexibility index (Phi) is 7.08. The van der Waals surface area contributed by atoms with Gasteiger partial charge in [-0.3, -0.25) is 10.1 Å². The third-order valence-electron chi connectivity index (χ3n) is 6.21. The SMILES string of the molecule is Cc1noc(CNC(c2ccccc2)c2ccccc2)c1-c1ccccc1C(=O)c1ccc(Cl)cc1. The molecule has 0 atom stereocenters. The zero-order valence-electron chi connectivity index (χ0n) is 19.8. The number of nitrogens with zero attached hydrogens (tertiary/aromatic N) is 1. The molecule has 5 aromatic rings. The fraction of sp³-hybridized carbons (Fsp3) is 0.0968. The van der Waals surface area contributed by atoms with Gasteiger partial charge in [0.2, 0.25) is 0 Å². The molecule has 5 rings (SSSR count). The Morgan fingerprint density at radius 1 is 0.833 bits per heavy atom. The molecular formula is C31H25ClN2O2. The topological polar surface area (TPSA) is 55.1 Å². The summed E-state index contributed by atoms with van der Waals surface area (Å²) in [5, 5.41) is 8.49. The summed E-state index contributed by atoms with van der Waals surface area (Å²) >= 11 is 6.03. The average molecular weight is 493 g/mol. The van der Waals surface area contributed by atoms with Gasteiger partial charge in [0.25, 0.3) is 0 Å². The van der Waals surface area contributed by atoms with Gasteiger partial charge in [-0.05, 0) is 47.9 Å². The first-order valence-corrected chi connectivity index (χ1v) is 12.2. The first-order chi connectivity index (χ1) is 17.6. The highest BCUT2D eigenvalue weighted by atomic mass is 35.5. The maximum atomic E-state index is 13.4. The van der Waals surface area contributed by atoms with E-state index >= 15 is 0 Å². The van der Waals surface area contributed by atoms with Crippen LogP contribution >= 0.6 is 11.6 Å². The van der Waals surface area contributed by atoms with Crippen molar-refractivity contribution in [3.05, 3.63) is 148 Å². The van der Waals surface area contributed by atoms with Gasteiger partial charge in [0.1, 0.15) is 0 Å². The highest BCUT2D eigenvalue weighted by Gasteiger charge is 2.23. The molecule has 0 aliphatic heterocycles. The number of benzene rings is 4. The highest BCUT2D eigenvalue weighted by molar-refractivity contribution is 6.30. The van der Waals surface area contributed by atoms with E-state index in [-0.39, 0.29) is 11.8 Å². The molecule has 0 bridgehead atoms. The summed E-state index contributed by atoms with van der Waals surface area (Å²) < 4.78 is 5.79. The van der Waals surface area contributed by atoms with Crippen LogP contribution in [0.5, 0.6) is 0 Å². The highest BCUT2D eigenvalue weighted by Crippen LogP contribution is 2.33. The maximum Gasteiger partial charge on any atom is 0.193 e. The largest absolute Gasteiger partial charge is 0.359 e. The predicted molar refractivity (Wildman–Crippen MR) is 143 cm³/mol. The summed E-state index contributed by atoms with van der Waals surface area (Å²) in [5.41, 5.74) is 5.84. The number of ketones is 1. The van der Waals surface area contributed by atoms with Crippen molar-refractivity contribution in [2.24, 2.45) is 0 Å². The third-order valence-corrected chi connectivity index (χ3v) is 6.47. The van der Waals surface area contributed by atoms with Crippen LogP contribution in [0.15, 0.2) is 114 Å². The van der Waals surface area contributed by atoms with E-state index in [1.165, 1.54) is 0 Å². The summed E-state index contributed by atoms with van der Waals surface area (Å²) in [5.74, 6) is 0.606. The molecule has 0 aliphatic rings. The smallest absolute Gasteiger partial charge is 0.193 e. The molecule has 4 nitrogen and oxygen atoms in total. The van der Waals surface area contributed by atoms with Crippen LogP contribution in [-0.2, 0) is 6.54 Å². The van der Waals surface area contributed by atoms with E-state index in [9.17, 15) is 4.79 Å². The minimum atomic E-state index is -0.0757. The Morgan fingerprint density at radius 2 is 1.42 bits per heavy atom. The third kappa shape index (κ3) is 5.01. The molecule has 1 N–H and O–H groups in total. The summed E-state index contributed by atoms with van der Waals surface area (Å²) in [6.07, 6.45) is 0. The normalized spacial score (nSPS) is 11.1. The van der Waals surface area contributed by atoms with Crippen LogP contribution in [0.2, 0.25) is 5.02 Å². The summed E-state index contributed by atoms with van der Waals surface area (Å²) in [7, 11) is 0. The van der Waals surface area contributed by atoms with Crippen LogP contribution in [0.25, 0.3) is 11.1 Å². The lowest BCUT2D eigenvalue weighted by atomic mass is 9.92. The van der Waals surface area contributed by atoms with Crippen molar-refractivity contribution in [2.45, 2.75) is 19.5 Å². The Labute approximate surface area is 215 Å². The monoisotopic (exact) mass is 492 g/mol. The summed E-state index contributed by atoms with van der Waals surface area (Å²) in [4.78, 5) is 13.4. The Morgan fingerprint density at radius 3 is 2.06 bits per heavy atom. The van der Waals surface area contributed by atoms with E-state index in [2.05, 4.69) is 34.7 Å². The molecule has 0 spiro atoms. The van der Waals surface area contributed by atoms with Crippen LogP contribution in [0, 0.1) is 6.92 Å². The van der Waals surface area contributed by atoms with Gasteiger partial charge >= 0.3 is 0 Å². The fourth-order valence-electron chi connectivity index (χ4n) is 4.45. The van der Waals surface area contributed by atoms with Crippen LogP contribution in [0.1, 0.15) is 44.5 Å². The zero-order valence-corrected chi connectivity index (χ0v) is 20.6.